The molecular formula is C10H19N. The van der Waals surface area contributed by atoms with Gasteiger partial charge in [0.2, 0.25) is 0 Å². The lowest BCUT2D eigenvalue weighted by molar-refractivity contribution is 0.326. The highest BCUT2D eigenvalue weighted by atomic mass is 15.1. The fraction of sp³-hybridized carbons (Fsp3) is 1.00. The van der Waals surface area contributed by atoms with E-state index >= 15 is 0 Å². The van der Waals surface area contributed by atoms with Crippen LogP contribution < -0.4 is 0 Å². The highest BCUT2D eigenvalue weighted by Gasteiger charge is 2.40. The molecule has 2 aliphatic rings. The molecule has 0 radical (unpaired) electrons. The maximum atomic E-state index is 2.51. The Balaban J connectivity index is 2.01. The quantitative estimate of drug-likeness (QED) is 0.557. The van der Waals surface area contributed by atoms with Gasteiger partial charge in [0.25, 0.3) is 0 Å². The average Bonchev–Trinajstić information content (AvgIpc) is 2.45. The van der Waals surface area contributed by atoms with E-state index in [4.69, 9.17) is 0 Å². The highest BCUT2D eigenvalue weighted by molar-refractivity contribution is 4.91. The molecule has 11 heavy (non-hydrogen) atoms. The molecule has 1 nitrogen and oxygen atoms in total. The Kier molecular flexibility index (Phi) is 1.92. The maximum Gasteiger partial charge on any atom is 0.00125 e. The zero-order valence-corrected chi connectivity index (χ0v) is 7.71. The average molecular weight is 153 g/mol. The van der Waals surface area contributed by atoms with E-state index in [0.717, 1.165) is 17.8 Å². The highest BCUT2D eigenvalue weighted by Crippen LogP contribution is 2.42. The molecule has 0 bridgehead atoms. The van der Waals surface area contributed by atoms with Crippen LogP contribution in [0.15, 0.2) is 0 Å². The van der Waals surface area contributed by atoms with Crippen LogP contribution in [-0.4, -0.2) is 25.0 Å². The van der Waals surface area contributed by atoms with Crippen molar-refractivity contribution < 1.29 is 0 Å². The summed E-state index contributed by atoms with van der Waals surface area (Å²) < 4.78 is 0. The molecule has 1 saturated carbocycles. The van der Waals surface area contributed by atoms with E-state index in [1.807, 2.05) is 0 Å². The number of rotatable bonds is 1. The first kappa shape index (κ1) is 7.60. The molecule has 1 aliphatic carbocycles. The lowest BCUT2D eigenvalue weighted by atomic mass is 9.91. The van der Waals surface area contributed by atoms with Crippen LogP contribution in [0.5, 0.6) is 0 Å². The molecule has 0 spiro atoms. The van der Waals surface area contributed by atoms with E-state index in [-0.39, 0.29) is 0 Å². The van der Waals surface area contributed by atoms with Gasteiger partial charge in [-0.1, -0.05) is 13.3 Å². The predicted molar refractivity (Wildman–Crippen MR) is 47.5 cm³/mol. The molecule has 0 amide bonds. The topological polar surface area (TPSA) is 3.24 Å². The van der Waals surface area contributed by atoms with Gasteiger partial charge in [-0.15, -0.1) is 0 Å². The Morgan fingerprint density at radius 1 is 1.27 bits per heavy atom. The van der Waals surface area contributed by atoms with Crippen LogP contribution in [0.3, 0.4) is 0 Å². The molecule has 0 N–H and O–H groups in total. The molecule has 1 heteroatoms. The molecule has 0 aromatic rings. The summed E-state index contributed by atoms with van der Waals surface area (Å²) in [4.78, 5) is 2.51. The maximum absolute atomic E-state index is 2.51. The smallest absolute Gasteiger partial charge is 0.00125 e. The Hall–Kier alpha value is -0.0400. The van der Waals surface area contributed by atoms with Crippen LogP contribution in [0.25, 0.3) is 0 Å². The van der Waals surface area contributed by atoms with Crippen molar-refractivity contribution >= 4 is 0 Å². The second kappa shape index (κ2) is 2.78. The lowest BCUT2D eigenvalue weighted by Crippen LogP contribution is -2.17. The van der Waals surface area contributed by atoms with E-state index in [1.165, 1.54) is 32.4 Å². The molecular weight excluding hydrogens is 134 g/mol. The summed E-state index contributed by atoms with van der Waals surface area (Å²) in [5.74, 6) is 3.18. The van der Waals surface area contributed by atoms with Crippen LogP contribution in [-0.2, 0) is 0 Å². The first-order valence-corrected chi connectivity index (χ1v) is 4.99. The van der Waals surface area contributed by atoms with Crippen molar-refractivity contribution in [2.24, 2.45) is 17.8 Å². The van der Waals surface area contributed by atoms with Gasteiger partial charge >= 0.3 is 0 Å². The summed E-state index contributed by atoms with van der Waals surface area (Å²) in [6, 6.07) is 0. The molecule has 1 unspecified atom stereocenters. The predicted octanol–water partition coefficient (Wildman–Crippen LogP) is 1.98. The number of fused-ring (bicyclic) bond motifs is 1. The zero-order chi connectivity index (χ0) is 7.84. The molecule has 2 fully saturated rings. The molecule has 2 rings (SSSR count). The lowest BCUT2D eigenvalue weighted by Gasteiger charge is -2.16. The first-order valence-electron chi connectivity index (χ1n) is 4.99. The van der Waals surface area contributed by atoms with Gasteiger partial charge in [-0.2, -0.15) is 0 Å². The largest absolute Gasteiger partial charge is 0.306 e. The summed E-state index contributed by atoms with van der Waals surface area (Å²) in [6.07, 6.45) is 4.43. The fourth-order valence-electron chi connectivity index (χ4n) is 3.11. The van der Waals surface area contributed by atoms with E-state index in [9.17, 15) is 0 Å². The molecule has 1 aliphatic heterocycles. The third-order valence-electron chi connectivity index (χ3n) is 3.71. The Labute approximate surface area is 69.8 Å². The van der Waals surface area contributed by atoms with Gasteiger partial charge in [0, 0.05) is 13.1 Å². The molecule has 0 aromatic heterocycles. The number of nitrogens with zero attached hydrogens (tertiary/aromatic N) is 1. The van der Waals surface area contributed by atoms with Gasteiger partial charge < -0.3 is 4.90 Å². The summed E-state index contributed by atoms with van der Waals surface area (Å²) in [5, 5.41) is 0. The number of hydrogen-bond acceptors (Lipinski definition) is 1. The van der Waals surface area contributed by atoms with Crippen molar-refractivity contribution in [3.05, 3.63) is 0 Å². The van der Waals surface area contributed by atoms with Crippen molar-refractivity contribution in [1.29, 1.82) is 0 Å². The molecule has 64 valence electrons. The van der Waals surface area contributed by atoms with Crippen LogP contribution in [0.2, 0.25) is 0 Å². The third-order valence-corrected chi connectivity index (χ3v) is 3.71. The van der Waals surface area contributed by atoms with Gasteiger partial charge in [0.15, 0.2) is 0 Å². The normalized spacial score (nSPS) is 44.7. The molecule has 0 aromatic carbocycles. The van der Waals surface area contributed by atoms with Crippen molar-refractivity contribution in [3.8, 4) is 0 Å². The van der Waals surface area contributed by atoms with Crippen molar-refractivity contribution in [2.75, 3.05) is 20.1 Å². The minimum absolute atomic E-state index is 1.06. The SMILES string of the molecule is CCC1CC[C@H]2CN(C)C[C@@H]12. The second-order valence-electron chi connectivity index (χ2n) is 4.39. The summed E-state index contributed by atoms with van der Waals surface area (Å²) in [7, 11) is 2.27. The Bertz CT molecular complexity index is 142. The molecule has 1 heterocycles. The minimum atomic E-state index is 1.06. The van der Waals surface area contributed by atoms with E-state index in [2.05, 4.69) is 18.9 Å². The molecule has 1 saturated heterocycles. The van der Waals surface area contributed by atoms with Crippen molar-refractivity contribution in [2.45, 2.75) is 26.2 Å². The van der Waals surface area contributed by atoms with E-state index < -0.39 is 0 Å². The molecule has 3 atom stereocenters. The van der Waals surface area contributed by atoms with Crippen molar-refractivity contribution in [1.82, 2.24) is 4.90 Å². The second-order valence-corrected chi connectivity index (χ2v) is 4.39. The van der Waals surface area contributed by atoms with Crippen LogP contribution in [0.4, 0.5) is 0 Å². The zero-order valence-electron chi connectivity index (χ0n) is 7.71. The fourth-order valence-corrected chi connectivity index (χ4v) is 3.11. The summed E-state index contributed by atoms with van der Waals surface area (Å²) in [5.41, 5.74) is 0. The van der Waals surface area contributed by atoms with Crippen LogP contribution >= 0.6 is 0 Å². The number of likely N-dealkylation sites (tertiary alicyclic amines) is 1. The summed E-state index contributed by atoms with van der Waals surface area (Å²) >= 11 is 0. The van der Waals surface area contributed by atoms with Gasteiger partial charge in [0.1, 0.15) is 0 Å². The van der Waals surface area contributed by atoms with Gasteiger partial charge in [0.05, 0.1) is 0 Å². The minimum Gasteiger partial charge on any atom is -0.306 e. The van der Waals surface area contributed by atoms with Crippen LogP contribution in [0, 0.1) is 17.8 Å². The van der Waals surface area contributed by atoms with Gasteiger partial charge in [-0.3, -0.25) is 0 Å². The van der Waals surface area contributed by atoms with E-state index in [1.54, 1.807) is 0 Å². The first-order chi connectivity index (χ1) is 5.31. The van der Waals surface area contributed by atoms with Crippen LogP contribution in [0.1, 0.15) is 26.2 Å². The van der Waals surface area contributed by atoms with Crippen molar-refractivity contribution in [3.63, 3.8) is 0 Å². The van der Waals surface area contributed by atoms with Gasteiger partial charge in [-0.25, -0.2) is 0 Å². The Morgan fingerprint density at radius 3 is 2.82 bits per heavy atom. The monoisotopic (exact) mass is 153 g/mol. The third kappa shape index (κ3) is 1.20. The standard InChI is InChI=1S/C10H19N/c1-3-8-4-5-9-6-11(2)7-10(8)9/h8-10H,3-7H2,1-2H3/t8?,9-,10-/m0/s1. The Morgan fingerprint density at radius 2 is 2.09 bits per heavy atom. The summed E-state index contributed by atoms with van der Waals surface area (Å²) in [6.45, 7) is 5.11. The van der Waals surface area contributed by atoms with E-state index in [0.29, 0.717) is 0 Å². The van der Waals surface area contributed by atoms with Gasteiger partial charge in [-0.05, 0) is 37.6 Å². The number of hydrogen-bond donors (Lipinski definition) is 0.